The van der Waals surface area contributed by atoms with Gasteiger partial charge in [-0.15, -0.1) is 10.2 Å². The molecule has 0 aliphatic heterocycles. The van der Waals surface area contributed by atoms with Gasteiger partial charge in [0.2, 0.25) is 5.82 Å². The molecule has 1 N–H and O–H groups in total. The largest absolute Gasteiger partial charge is 0.482 e. The molecule has 22 heavy (non-hydrogen) atoms. The molecule has 2 aromatic carbocycles. The van der Waals surface area contributed by atoms with Crippen molar-refractivity contribution < 1.29 is 9.66 Å². The number of rotatable bonds is 5. The van der Waals surface area contributed by atoms with Crippen LogP contribution in [0.3, 0.4) is 0 Å². The smallest absolute Gasteiger partial charge is 0.311 e. The van der Waals surface area contributed by atoms with Gasteiger partial charge in [0, 0.05) is 11.6 Å². The number of benzene rings is 2. The van der Waals surface area contributed by atoms with Gasteiger partial charge in [-0.25, -0.2) is 0 Å². The predicted molar refractivity (Wildman–Crippen MR) is 77.0 cm³/mol. The molecule has 0 fully saturated rings. The SMILES string of the molecule is O=[N+]([O-])c1cc(-c2nn[nH]n2)ccc1OCc1ccccc1. The lowest BCUT2D eigenvalue weighted by molar-refractivity contribution is -0.385. The minimum Gasteiger partial charge on any atom is -0.482 e. The molecule has 0 atom stereocenters. The van der Waals surface area contributed by atoms with E-state index in [1.165, 1.54) is 12.1 Å². The number of H-pyrrole nitrogens is 1. The first-order chi connectivity index (χ1) is 10.7. The topological polar surface area (TPSA) is 107 Å². The average Bonchev–Trinajstić information content (AvgIpc) is 3.08. The van der Waals surface area contributed by atoms with Crippen LogP contribution in [0.25, 0.3) is 11.4 Å². The summed E-state index contributed by atoms with van der Waals surface area (Å²) >= 11 is 0. The second kappa shape index (κ2) is 6.00. The maximum Gasteiger partial charge on any atom is 0.311 e. The normalized spacial score (nSPS) is 10.4. The molecule has 0 radical (unpaired) electrons. The van der Waals surface area contributed by atoms with Crippen LogP contribution < -0.4 is 4.74 Å². The van der Waals surface area contributed by atoms with Crippen LogP contribution in [-0.4, -0.2) is 25.5 Å². The highest BCUT2D eigenvalue weighted by Gasteiger charge is 2.18. The molecule has 0 saturated carbocycles. The summed E-state index contributed by atoms with van der Waals surface area (Å²) < 4.78 is 5.55. The van der Waals surface area contributed by atoms with E-state index < -0.39 is 4.92 Å². The summed E-state index contributed by atoms with van der Waals surface area (Å²) in [6, 6.07) is 14.0. The first kappa shape index (κ1) is 13.7. The lowest BCUT2D eigenvalue weighted by atomic mass is 10.2. The van der Waals surface area contributed by atoms with Gasteiger partial charge in [0.05, 0.1) is 4.92 Å². The van der Waals surface area contributed by atoms with Gasteiger partial charge < -0.3 is 4.74 Å². The van der Waals surface area contributed by atoms with Crippen LogP contribution in [0.2, 0.25) is 0 Å². The Kier molecular flexibility index (Phi) is 3.73. The monoisotopic (exact) mass is 297 g/mol. The van der Waals surface area contributed by atoms with E-state index in [0.29, 0.717) is 5.56 Å². The first-order valence-corrected chi connectivity index (χ1v) is 6.43. The van der Waals surface area contributed by atoms with E-state index in [2.05, 4.69) is 20.6 Å². The van der Waals surface area contributed by atoms with Gasteiger partial charge >= 0.3 is 5.69 Å². The maximum absolute atomic E-state index is 11.2. The number of hydrogen-bond acceptors (Lipinski definition) is 6. The fraction of sp³-hybridized carbons (Fsp3) is 0.0714. The highest BCUT2D eigenvalue weighted by Crippen LogP contribution is 2.31. The first-order valence-electron chi connectivity index (χ1n) is 6.43. The van der Waals surface area contributed by atoms with Crippen molar-refractivity contribution in [3.63, 3.8) is 0 Å². The van der Waals surface area contributed by atoms with Crippen LogP contribution >= 0.6 is 0 Å². The van der Waals surface area contributed by atoms with Gasteiger partial charge in [0.1, 0.15) is 6.61 Å². The van der Waals surface area contributed by atoms with Crippen molar-refractivity contribution in [1.29, 1.82) is 0 Å². The van der Waals surface area contributed by atoms with E-state index in [1.807, 2.05) is 30.3 Å². The highest BCUT2D eigenvalue weighted by molar-refractivity contribution is 5.63. The van der Waals surface area contributed by atoms with Crippen LogP contribution in [0.5, 0.6) is 5.75 Å². The number of aromatic nitrogens is 4. The third kappa shape index (κ3) is 2.90. The lowest BCUT2D eigenvalue weighted by Crippen LogP contribution is -1.99. The molecule has 8 heteroatoms. The van der Waals surface area contributed by atoms with Gasteiger partial charge in [-0.05, 0) is 22.9 Å². The summed E-state index contributed by atoms with van der Waals surface area (Å²) in [6.45, 7) is 0.253. The molecule has 0 saturated heterocycles. The molecule has 110 valence electrons. The van der Waals surface area contributed by atoms with Crippen LogP contribution in [0.4, 0.5) is 5.69 Å². The van der Waals surface area contributed by atoms with Crippen molar-refractivity contribution in [2.45, 2.75) is 6.61 Å². The summed E-state index contributed by atoms with van der Waals surface area (Å²) in [5.74, 6) is 0.485. The van der Waals surface area contributed by atoms with Gasteiger partial charge in [-0.1, -0.05) is 30.3 Å². The minimum absolute atomic E-state index is 0.141. The summed E-state index contributed by atoms with van der Waals surface area (Å²) in [5.41, 5.74) is 1.28. The third-order valence-corrected chi connectivity index (χ3v) is 3.00. The van der Waals surface area contributed by atoms with E-state index in [0.717, 1.165) is 5.56 Å². The second-order valence-electron chi connectivity index (χ2n) is 4.45. The van der Waals surface area contributed by atoms with Crippen molar-refractivity contribution in [3.05, 3.63) is 64.2 Å². The fourth-order valence-electron chi connectivity index (χ4n) is 1.94. The standard InChI is InChI=1S/C14H11N5O3/c20-19(21)12-8-11(14-15-17-18-16-14)6-7-13(12)22-9-10-4-2-1-3-5-10/h1-8H,9H2,(H,15,16,17,18). The number of hydrogen-bond donors (Lipinski definition) is 1. The minimum atomic E-state index is -0.496. The summed E-state index contributed by atoms with van der Waals surface area (Å²) in [6.07, 6.45) is 0. The van der Waals surface area contributed by atoms with Gasteiger partial charge in [0.15, 0.2) is 5.75 Å². The zero-order chi connectivity index (χ0) is 15.4. The Labute approximate surface area is 124 Å². The van der Waals surface area contributed by atoms with Gasteiger partial charge in [-0.3, -0.25) is 10.1 Å². The van der Waals surface area contributed by atoms with Crippen molar-refractivity contribution in [3.8, 4) is 17.1 Å². The molecule has 0 aliphatic rings. The molecule has 0 unspecified atom stereocenters. The Bertz CT molecular complexity index is 774. The molecule has 3 aromatic rings. The van der Waals surface area contributed by atoms with Crippen LogP contribution in [0.15, 0.2) is 48.5 Å². The number of aromatic amines is 1. The summed E-state index contributed by atoms with van der Waals surface area (Å²) in [5, 5.41) is 24.6. The number of nitrogens with zero attached hydrogens (tertiary/aromatic N) is 4. The Morgan fingerprint density at radius 3 is 2.68 bits per heavy atom. The van der Waals surface area contributed by atoms with Crippen LogP contribution in [0.1, 0.15) is 5.56 Å². The lowest BCUT2D eigenvalue weighted by Gasteiger charge is -2.07. The van der Waals surface area contributed by atoms with Crippen LogP contribution in [-0.2, 0) is 6.61 Å². The molecule has 3 rings (SSSR count). The van der Waals surface area contributed by atoms with Crippen molar-refractivity contribution >= 4 is 5.69 Å². The zero-order valence-electron chi connectivity index (χ0n) is 11.3. The quantitative estimate of drug-likeness (QED) is 0.572. The van der Waals surface area contributed by atoms with Crippen molar-refractivity contribution in [2.24, 2.45) is 0 Å². The van der Waals surface area contributed by atoms with Crippen molar-refractivity contribution in [2.75, 3.05) is 0 Å². The van der Waals surface area contributed by atoms with E-state index >= 15 is 0 Å². The Balaban J connectivity index is 1.86. The molecule has 0 spiro atoms. The van der Waals surface area contributed by atoms with Gasteiger partial charge in [0.25, 0.3) is 0 Å². The summed E-state index contributed by atoms with van der Waals surface area (Å²) in [4.78, 5) is 10.7. The Morgan fingerprint density at radius 2 is 2.00 bits per heavy atom. The fourth-order valence-corrected chi connectivity index (χ4v) is 1.94. The van der Waals surface area contributed by atoms with E-state index in [4.69, 9.17) is 4.74 Å². The van der Waals surface area contributed by atoms with Gasteiger partial charge in [-0.2, -0.15) is 5.21 Å². The molecule has 1 aromatic heterocycles. The third-order valence-electron chi connectivity index (χ3n) is 3.00. The van der Waals surface area contributed by atoms with Crippen LogP contribution in [0, 0.1) is 10.1 Å². The second-order valence-corrected chi connectivity index (χ2v) is 4.45. The number of nitro benzene ring substituents is 1. The molecule has 0 bridgehead atoms. The number of ether oxygens (including phenoxy) is 1. The molecular weight excluding hydrogens is 286 g/mol. The predicted octanol–water partition coefficient (Wildman–Crippen LogP) is 2.35. The summed E-state index contributed by atoms with van der Waals surface area (Å²) in [7, 11) is 0. The maximum atomic E-state index is 11.2. The molecule has 0 amide bonds. The highest BCUT2D eigenvalue weighted by atomic mass is 16.6. The van der Waals surface area contributed by atoms with Crippen molar-refractivity contribution in [1.82, 2.24) is 20.6 Å². The number of tetrazole rings is 1. The Hall–Kier alpha value is -3.29. The number of nitrogens with one attached hydrogen (secondary N) is 1. The van der Waals surface area contributed by atoms with E-state index in [1.54, 1.807) is 6.07 Å². The number of nitro groups is 1. The molecule has 1 heterocycles. The molecule has 0 aliphatic carbocycles. The van der Waals surface area contributed by atoms with E-state index in [-0.39, 0.29) is 23.9 Å². The van der Waals surface area contributed by atoms with E-state index in [9.17, 15) is 10.1 Å². The molecule has 8 nitrogen and oxygen atoms in total. The Morgan fingerprint density at radius 1 is 1.18 bits per heavy atom. The average molecular weight is 297 g/mol. The molecular formula is C14H11N5O3. The zero-order valence-corrected chi connectivity index (χ0v) is 11.3.